The second-order valence-electron chi connectivity index (χ2n) is 6.48. The van der Waals surface area contributed by atoms with Gasteiger partial charge in [-0.3, -0.25) is 9.69 Å². The summed E-state index contributed by atoms with van der Waals surface area (Å²) < 4.78 is 37.6. The highest BCUT2D eigenvalue weighted by atomic mass is 19.4. The molecule has 1 aromatic carbocycles. The number of alkyl halides is 3. The number of hydrogen-bond acceptors (Lipinski definition) is 3. The van der Waals surface area contributed by atoms with Crippen LogP contribution in [0, 0.1) is 5.92 Å². The van der Waals surface area contributed by atoms with Gasteiger partial charge < -0.3 is 10.4 Å². The summed E-state index contributed by atoms with van der Waals surface area (Å²) >= 11 is 0. The van der Waals surface area contributed by atoms with E-state index in [1.165, 1.54) is 6.07 Å². The fraction of sp³-hybridized carbons (Fsp3) is 0.529. The lowest BCUT2D eigenvalue weighted by Gasteiger charge is -2.43. The van der Waals surface area contributed by atoms with E-state index in [0.29, 0.717) is 19.5 Å². The zero-order valence-corrected chi connectivity index (χ0v) is 14.0. The van der Waals surface area contributed by atoms with Crippen molar-refractivity contribution in [3.63, 3.8) is 0 Å². The largest absolute Gasteiger partial charge is 0.478 e. The number of benzene rings is 1. The summed E-state index contributed by atoms with van der Waals surface area (Å²) in [6.07, 6.45) is -4.26. The van der Waals surface area contributed by atoms with E-state index in [1.54, 1.807) is 25.1 Å². The van der Waals surface area contributed by atoms with Crippen molar-refractivity contribution in [1.82, 2.24) is 10.2 Å². The minimum Gasteiger partial charge on any atom is -0.478 e. The highest BCUT2D eigenvalue weighted by Crippen LogP contribution is 2.26. The Labute approximate surface area is 143 Å². The molecule has 1 saturated heterocycles. The molecule has 0 unspecified atom stereocenters. The molecule has 2 rings (SSSR count). The van der Waals surface area contributed by atoms with Crippen molar-refractivity contribution in [2.45, 2.75) is 45.1 Å². The van der Waals surface area contributed by atoms with E-state index in [1.807, 2.05) is 11.8 Å². The molecule has 138 valence electrons. The van der Waals surface area contributed by atoms with Gasteiger partial charge in [-0.05, 0) is 43.5 Å². The lowest BCUT2D eigenvalue weighted by molar-refractivity contribution is -0.175. The van der Waals surface area contributed by atoms with Gasteiger partial charge in [0.25, 0.3) is 0 Å². The molecule has 1 heterocycles. The zero-order chi connectivity index (χ0) is 18.8. The van der Waals surface area contributed by atoms with Gasteiger partial charge in [0.05, 0.1) is 5.56 Å². The van der Waals surface area contributed by atoms with Gasteiger partial charge in [-0.25, -0.2) is 4.79 Å². The van der Waals surface area contributed by atoms with Crippen LogP contribution in [-0.4, -0.2) is 46.7 Å². The normalized spacial score (nSPS) is 24.8. The number of amides is 1. The van der Waals surface area contributed by atoms with E-state index in [9.17, 15) is 22.8 Å². The van der Waals surface area contributed by atoms with Crippen molar-refractivity contribution < 1.29 is 27.9 Å². The van der Waals surface area contributed by atoms with E-state index in [0.717, 1.165) is 5.56 Å². The first-order chi connectivity index (χ1) is 11.6. The van der Waals surface area contributed by atoms with Crippen molar-refractivity contribution in [1.29, 1.82) is 0 Å². The first-order valence-electron chi connectivity index (χ1n) is 8.03. The van der Waals surface area contributed by atoms with Crippen molar-refractivity contribution in [3.8, 4) is 0 Å². The Morgan fingerprint density at radius 1 is 1.32 bits per heavy atom. The summed E-state index contributed by atoms with van der Waals surface area (Å²) in [4.78, 5) is 24.3. The number of carbonyl (C=O) groups is 2. The monoisotopic (exact) mass is 358 g/mol. The predicted octanol–water partition coefficient (Wildman–Crippen LogP) is 2.66. The van der Waals surface area contributed by atoms with E-state index in [-0.39, 0.29) is 17.5 Å². The van der Waals surface area contributed by atoms with Crippen LogP contribution in [0.15, 0.2) is 24.3 Å². The van der Waals surface area contributed by atoms with Crippen LogP contribution in [-0.2, 0) is 11.3 Å². The molecule has 0 spiro atoms. The first-order valence-corrected chi connectivity index (χ1v) is 8.03. The number of piperidine rings is 1. The first kappa shape index (κ1) is 19.2. The second-order valence-corrected chi connectivity index (χ2v) is 6.48. The van der Waals surface area contributed by atoms with E-state index in [2.05, 4.69) is 5.32 Å². The zero-order valence-electron chi connectivity index (χ0n) is 14.0. The average Bonchev–Trinajstić information content (AvgIpc) is 2.53. The minimum absolute atomic E-state index is 0.0806. The molecule has 0 radical (unpaired) electrons. The van der Waals surface area contributed by atoms with Crippen LogP contribution < -0.4 is 5.32 Å². The molecule has 8 heteroatoms. The van der Waals surface area contributed by atoms with Crippen LogP contribution in [0.25, 0.3) is 0 Å². The topological polar surface area (TPSA) is 69.6 Å². The summed E-state index contributed by atoms with van der Waals surface area (Å²) in [5, 5.41) is 11.2. The third-order valence-electron chi connectivity index (χ3n) is 4.70. The minimum atomic E-state index is -4.91. The Morgan fingerprint density at radius 3 is 2.60 bits per heavy atom. The average molecular weight is 358 g/mol. The highest BCUT2D eigenvalue weighted by molar-refractivity contribution is 5.87. The molecule has 1 aromatic rings. The van der Waals surface area contributed by atoms with Gasteiger partial charge >= 0.3 is 18.1 Å². The lowest BCUT2D eigenvalue weighted by atomic mass is 9.87. The maximum Gasteiger partial charge on any atom is 0.471 e. The Balaban J connectivity index is 2.11. The standard InChI is InChI=1S/C17H21F3N2O3/c1-10-6-7-22(9-12-4-3-5-13(8-12)15(23)24)11(2)14(10)21-16(25)17(18,19)20/h3-5,8,10-11,14H,6-7,9H2,1-2H3,(H,21,25)(H,23,24)/t10-,11-,14-/m0/s1. The smallest absolute Gasteiger partial charge is 0.471 e. The van der Waals surface area contributed by atoms with Gasteiger partial charge in [0.2, 0.25) is 0 Å². The van der Waals surface area contributed by atoms with Crippen molar-refractivity contribution in [3.05, 3.63) is 35.4 Å². The van der Waals surface area contributed by atoms with Crippen molar-refractivity contribution in [2.24, 2.45) is 5.92 Å². The van der Waals surface area contributed by atoms with Gasteiger partial charge in [-0.1, -0.05) is 19.1 Å². The Kier molecular flexibility index (Phi) is 5.72. The number of halogens is 3. The molecule has 2 N–H and O–H groups in total. The van der Waals surface area contributed by atoms with Crippen LogP contribution in [0.1, 0.15) is 36.2 Å². The molecule has 25 heavy (non-hydrogen) atoms. The molecular weight excluding hydrogens is 337 g/mol. The number of aromatic carboxylic acids is 1. The van der Waals surface area contributed by atoms with Gasteiger partial charge in [0, 0.05) is 18.6 Å². The molecule has 0 aliphatic carbocycles. The van der Waals surface area contributed by atoms with Crippen LogP contribution >= 0.6 is 0 Å². The van der Waals surface area contributed by atoms with E-state index < -0.39 is 24.1 Å². The summed E-state index contributed by atoms with van der Waals surface area (Å²) in [6, 6.07) is 5.53. The maximum absolute atomic E-state index is 12.5. The number of nitrogens with one attached hydrogen (secondary N) is 1. The van der Waals surface area contributed by atoms with Crippen LogP contribution in [0.2, 0.25) is 0 Å². The highest BCUT2D eigenvalue weighted by Gasteiger charge is 2.43. The number of carboxylic acid groups (broad SMARTS) is 1. The number of carboxylic acids is 1. The van der Waals surface area contributed by atoms with Gasteiger partial charge in [-0.2, -0.15) is 13.2 Å². The predicted molar refractivity (Wildman–Crippen MR) is 85.0 cm³/mol. The lowest BCUT2D eigenvalue weighted by Crippen LogP contribution is -2.59. The molecule has 0 saturated carbocycles. The fourth-order valence-electron chi connectivity index (χ4n) is 3.21. The van der Waals surface area contributed by atoms with Crippen molar-refractivity contribution in [2.75, 3.05) is 6.54 Å². The molecule has 1 fully saturated rings. The van der Waals surface area contributed by atoms with Crippen LogP contribution in [0.3, 0.4) is 0 Å². The molecular formula is C17H21F3N2O3. The third kappa shape index (κ3) is 4.72. The van der Waals surface area contributed by atoms with Crippen molar-refractivity contribution >= 4 is 11.9 Å². The van der Waals surface area contributed by atoms with Crippen LogP contribution in [0.4, 0.5) is 13.2 Å². The Bertz CT molecular complexity index is 648. The second kappa shape index (κ2) is 7.43. The molecule has 1 aliphatic rings. The third-order valence-corrected chi connectivity index (χ3v) is 4.70. The fourth-order valence-corrected chi connectivity index (χ4v) is 3.21. The summed E-state index contributed by atoms with van der Waals surface area (Å²) in [7, 11) is 0. The summed E-state index contributed by atoms with van der Waals surface area (Å²) in [5.74, 6) is -3.04. The quantitative estimate of drug-likeness (QED) is 0.868. The molecule has 5 nitrogen and oxygen atoms in total. The maximum atomic E-state index is 12.5. The van der Waals surface area contributed by atoms with Gasteiger partial charge in [0.15, 0.2) is 0 Å². The molecule has 0 bridgehead atoms. The van der Waals surface area contributed by atoms with Crippen LogP contribution in [0.5, 0.6) is 0 Å². The molecule has 1 aliphatic heterocycles. The molecule has 3 atom stereocenters. The SMILES string of the molecule is C[C@H]1CCN(Cc2cccc(C(=O)O)c2)[C@@H](C)[C@H]1NC(=O)C(F)(F)F. The number of hydrogen-bond donors (Lipinski definition) is 2. The van der Waals surface area contributed by atoms with Gasteiger partial charge in [-0.15, -0.1) is 0 Å². The number of nitrogens with zero attached hydrogens (tertiary/aromatic N) is 1. The summed E-state index contributed by atoms with van der Waals surface area (Å²) in [5.41, 5.74) is 0.930. The van der Waals surface area contributed by atoms with E-state index in [4.69, 9.17) is 5.11 Å². The summed E-state index contributed by atoms with van der Waals surface area (Å²) in [6.45, 7) is 4.67. The number of rotatable bonds is 4. The Hall–Kier alpha value is -2.09. The molecule has 0 aromatic heterocycles. The van der Waals surface area contributed by atoms with E-state index >= 15 is 0 Å². The Morgan fingerprint density at radius 2 is 2.00 bits per heavy atom. The van der Waals surface area contributed by atoms with Gasteiger partial charge in [0.1, 0.15) is 0 Å². The number of carbonyl (C=O) groups excluding carboxylic acids is 1. The molecule has 1 amide bonds. The number of likely N-dealkylation sites (tertiary alicyclic amines) is 1.